The third-order valence-corrected chi connectivity index (χ3v) is 7.85. The zero-order chi connectivity index (χ0) is 21.2. The summed E-state index contributed by atoms with van der Waals surface area (Å²) in [5.41, 5.74) is 0.729. The van der Waals surface area contributed by atoms with Gasteiger partial charge in [0.15, 0.2) is 9.84 Å². The Morgan fingerprint density at radius 3 is 2.79 bits per heavy atom. The number of anilines is 2. The molecule has 0 radical (unpaired) electrons. The maximum atomic E-state index is 13.2. The quantitative estimate of drug-likeness (QED) is 0.706. The van der Waals surface area contributed by atoms with Crippen molar-refractivity contribution in [3.63, 3.8) is 0 Å². The number of hydrogen-bond acceptors (Lipinski definition) is 5. The molecule has 1 heterocycles. The number of halogens is 2. The smallest absolute Gasteiger partial charge is 0.225 e. The Hall–Kier alpha value is -2.10. The fourth-order valence-electron chi connectivity index (χ4n) is 2.77. The van der Waals surface area contributed by atoms with Gasteiger partial charge in [-0.05, 0) is 43.3 Å². The first-order valence-corrected chi connectivity index (χ1v) is 11.6. The van der Waals surface area contributed by atoms with Gasteiger partial charge in [0.05, 0.1) is 20.9 Å². The lowest BCUT2D eigenvalue weighted by molar-refractivity contribution is -0.116. The molecule has 0 aliphatic carbocycles. The van der Waals surface area contributed by atoms with Crippen LogP contribution in [0.15, 0.2) is 46.2 Å². The molecule has 6 nitrogen and oxygen atoms in total. The highest BCUT2D eigenvalue weighted by Crippen LogP contribution is 2.33. The van der Waals surface area contributed by atoms with Gasteiger partial charge in [0.1, 0.15) is 5.82 Å². The zero-order valence-corrected chi connectivity index (χ0v) is 17.8. The van der Waals surface area contributed by atoms with E-state index in [-0.39, 0.29) is 27.9 Å². The number of rotatable bonds is 5. The molecule has 2 amide bonds. The third kappa shape index (κ3) is 5.09. The Morgan fingerprint density at radius 2 is 2.07 bits per heavy atom. The van der Waals surface area contributed by atoms with Crippen molar-refractivity contribution < 1.29 is 22.4 Å². The van der Waals surface area contributed by atoms with E-state index in [1.165, 1.54) is 43.0 Å². The molecule has 1 aliphatic rings. The van der Waals surface area contributed by atoms with Gasteiger partial charge in [-0.1, -0.05) is 11.6 Å². The van der Waals surface area contributed by atoms with Crippen LogP contribution in [0.2, 0.25) is 5.02 Å². The van der Waals surface area contributed by atoms with E-state index >= 15 is 0 Å². The highest BCUT2D eigenvalue weighted by Gasteiger charge is 2.27. The van der Waals surface area contributed by atoms with Gasteiger partial charge in [-0.15, -0.1) is 11.8 Å². The van der Waals surface area contributed by atoms with Gasteiger partial charge in [0.25, 0.3) is 0 Å². The van der Waals surface area contributed by atoms with E-state index in [0.717, 1.165) is 11.0 Å². The Balaban J connectivity index is 1.74. The number of fused-ring (bicyclic) bond motifs is 1. The highest BCUT2D eigenvalue weighted by molar-refractivity contribution is 7.99. The maximum absolute atomic E-state index is 13.2. The maximum Gasteiger partial charge on any atom is 0.225 e. The summed E-state index contributed by atoms with van der Waals surface area (Å²) in [6, 6.07) is 8.26. The number of benzene rings is 2. The highest BCUT2D eigenvalue weighted by atomic mass is 35.5. The van der Waals surface area contributed by atoms with Crippen molar-refractivity contribution in [2.24, 2.45) is 0 Å². The van der Waals surface area contributed by atoms with Crippen LogP contribution in [0.5, 0.6) is 0 Å². The van der Waals surface area contributed by atoms with Crippen LogP contribution in [0.25, 0.3) is 0 Å². The number of hydrogen-bond donors (Lipinski definition) is 2. The average Bonchev–Trinajstić information content (AvgIpc) is 2.84. The Bertz CT molecular complexity index is 1080. The second-order valence-corrected chi connectivity index (χ2v) is 10.5. The molecule has 2 N–H and O–H groups in total. The van der Waals surface area contributed by atoms with Gasteiger partial charge in [0.2, 0.25) is 11.8 Å². The van der Waals surface area contributed by atoms with Crippen molar-refractivity contribution in [3.05, 3.63) is 47.2 Å². The van der Waals surface area contributed by atoms with Crippen LogP contribution in [0.4, 0.5) is 15.8 Å². The standard InChI is InChI=1S/C19H18ClFN2O4S2/c1-11(8-19(25)22-12-2-4-15(21)14(20)9-12)29(26,27)13-3-5-17-16(10-13)23-18(24)6-7-28-17/h2-5,9-11H,6-8H2,1H3,(H,22,25)(H,23,24). The molecule has 154 valence electrons. The van der Waals surface area contributed by atoms with Crippen molar-refractivity contribution in [1.82, 2.24) is 0 Å². The second kappa shape index (κ2) is 8.73. The molecule has 29 heavy (non-hydrogen) atoms. The summed E-state index contributed by atoms with van der Waals surface area (Å²) in [5.74, 6) is -0.706. The van der Waals surface area contributed by atoms with Crippen molar-refractivity contribution in [3.8, 4) is 0 Å². The Kier molecular flexibility index (Phi) is 6.50. The number of amides is 2. The lowest BCUT2D eigenvalue weighted by Crippen LogP contribution is -2.25. The normalized spacial score (nSPS) is 15.1. The summed E-state index contributed by atoms with van der Waals surface area (Å²) in [6.07, 6.45) is 0.0565. The molecule has 0 spiro atoms. The molecule has 0 fully saturated rings. The van der Waals surface area contributed by atoms with Crippen LogP contribution in [0, 0.1) is 5.82 Å². The van der Waals surface area contributed by atoms with Gasteiger partial charge in [-0.25, -0.2) is 12.8 Å². The first-order valence-electron chi connectivity index (χ1n) is 8.72. The average molecular weight is 457 g/mol. The molecule has 1 unspecified atom stereocenters. The third-order valence-electron chi connectivity index (χ3n) is 4.35. The largest absolute Gasteiger partial charge is 0.326 e. The van der Waals surface area contributed by atoms with Gasteiger partial charge in [0, 0.05) is 29.2 Å². The molecule has 0 saturated heterocycles. The lowest BCUT2D eigenvalue weighted by atomic mass is 10.2. The molecule has 2 aromatic rings. The molecule has 2 aromatic carbocycles. The predicted molar refractivity (Wildman–Crippen MR) is 112 cm³/mol. The Labute approximate surface area is 177 Å². The first kappa shape index (κ1) is 21.6. The number of sulfone groups is 1. The fraction of sp³-hybridized carbons (Fsp3) is 0.263. The number of carbonyl (C=O) groups is 2. The summed E-state index contributed by atoms with van der Waals surface area (Å²) in [5, 5.41) is 4.07. The van der Waals surface area contributed by atoms with Crippen molar-refractivity contribution >= 4 is 56.4 Å². The summed E-state index contributed by atoms with van der Waals surface area (Å²) >= 11 is 7.16. The summed E-state index contributed by atoms with van der Waals surface area (Å²) in [4.78, 5) is 24.8. The molecule has 10 heteroatoms. The number of nitrogens with one attached hydrogen (secondary N) is 2. The van der Waals surface area contributed by atoms with Crippen LogP contribution in [-0.2, 0) is 19.4 Å². The lowest BCUT2D eigenvalue weighted by Gasteiger charge is -2.15. The van der Waals surface area contributed by atoms with Gasteiger partial charge in [-0.3, -0.25) is 9.59 Å². The van der Waals surface area contributed by atoms with E-state index in [2.05, 4.69) is 10.6 Å². The SMILES string of the molecule is CC(CC(=O)Nc1ccc(F)c(Cl)c1)S(=O)(=O)c1ccc2c(c1)NC(=O)CCS2. The topological polar surface area (TPSA) is 92.3 Å². The van der Waals surface area contributed by atoms with Crippen LogP contribution >= 0.6 is 23.4 Å². The molecule has 0 saturated carbocycles. The Morgan fingerprint density at radius 1 is 1.31 bits per heavy atom. The second-order valence-electron chi connectivity index (χ2n) is 6.54. The molecule has 0 aromatic heterocycles. The van der Waals surface area contributed by atoms with Gasteiger partial charge < -0.3 is 10.6 Å². The predicted octanol–water partition coefficient (Wildman–Crippen LogP) is 4.10. The van der Waals surface area contributed by atoms with Crippen molar-refractivity contribution in [2.45, 2.75) is 34.8 Å². The van der Waals surface area contributed by atoms with E-state index in [9.17, 15) is 22.4 Å². The molecule has 0 bridgehead atoms. The van der Waals surface area contributed by atoms with Crippen LogP contribution in [-0.4, -0.2) is 31.2 Å². The van der Waals surface area contributed by atoms with Crippen molar-refractivity contribution in [2.75, 3.05) is 16.4 Å². The summed E-state index contributed by atoms with van der Waals surface area (Å²) in [7, 11) is -3.81. The van der Waals surface area contributed by atoms with Gasteiger partial charge in [-0.2, -0.15) is 0 Å². The van der Waals surface area contributed by atoms with Gasteiger partial charge >= 0.3 is 0 Å². The van der Waals surface area contributed by atoms with E-state index in [0.29, 0.717) is 17.9 Å². The minimum absolute atomic E-state index is 0.0316. The molecular weight excluding hydrogens is 439 g/mol. The summed E-state index contributed by atoms with van der Waals surface area (Å²) < 4.78 is 39.0. The molecule has 1 aliphatic heterocycles. The van der Waals surface area contributed by atoms with E-state index in [1.54, 1.807) is 6.07 Å². The monoisotopic (exact) mass is 456 g/mol. The number of carbonyl (C=O) groups excluding carboxylic acids is 2. The van der Waals surface area contributed by atoms with Crippen LogP contribution in [0.1, 0.15) is 19.8 Å². The fourth-order valence-corrected chi connectivity index (χ4v) is 5.26. The van der Waals surface area contributed by atoms with Crippen LogP contribution < -0.4 is 10.6 Å². The van der Waals surface area contributed by atoms with E-state index < -0.39 is 26.8 Å². The van der Waals surface area contributed by atoms with Crippen LogP contribution in [0.3, 0.4) is 0 Å². The van der Waals surface area contributed by atoms with E-state index in [4.69, 9.17) is 11.6 Å². The minimum Gasteiger partial charge on any atom is -0.326 e. The zero-order valence-electron chi connectivity index (χ0n) is 15.4. The number of thioether (sulfide) groups is 1. The minimum atomic E-state index is -3.81. The first-order chi connectivity index (χ1) is 13.7. The molecule has 1 atom stereocenters. The molecule has 3 rings (SSSR count). The van der Waals surface area contributed by atoms with Crippen molar-refractivity contribution in [1.29, 1.82) is 0 Å². The van der Waals surface area contributed by atoms with E-state index in [1.807, 2.05) is 0 Å². The summed E-state index contributed by atoms with van der Waals surface area (Å²) in [6.45, 7) is 1.44. The molecular formula is C19H18ClFN2O4S2.